The van der Waals surface area contributed by atoms with Gasteiger partial charge in [-0.25, -0.2) is 15.0 Å². The fraction of sp³-hybridized carbons (Fsp3) is 0.222. The first-order valence-electron chi connectivity index (χ1n) is 11.9. The summed E-state index contributed by atoms with van der Waals surface area (Å²) in [6.07, 6.45) is 0.699. The van der Waals surface area contributed by atoms with E-state index in [2.05, 4.69) is 4.57 Å². The van der Waals surface area contributed by atoms with Crippen molar-refractivity contribution in [2.45, 2.75) is 39.2 Å². The molecule has 0 fully saturated rings. The molecule has 0 aliphatic heterocycles. The number of benzene rings is 2. The number of nitrogens with one attached hydrogen (secondary N) is 1. The van der Waals surface area contributed by atoms with E-state index in [0.29, 0.717) is 24.2 Å². The second-order valence-corrected chi connectivity index (χ2v) is 10.7. The Hall–Kier alpha value is -3.99. The standard InChI is InChI=1S/C27H24F3N5O2S/c1-4-23-33-24-16(2)14-17(3)31-26(24)35(23)15-19-9-7-8-18-12-13-21(32-25(18)19)20-10-5-6-11-22(20)34-38(36,37)27(28,29)30/h5-14,34H,4,15H2,1-3H3. The van der Waals surface area contributed by atoms with Crippen LogP contribution >= 0.6 is 0 Å². The van der Waals surface area contributed by atoms with E-state index in [1.54, 1.807) is 16.9 Å². The minimum Gasteiger partial charge on any atom is -0.308 e. The number of imidazole rings is 1. The molecule has 1 N–H and O–H groups in total. The normalized spacial score (nSPS) is 12.4. The first-order valence-corrected chi connectivity index (χ1v) is 13.4. The van der Waals surface area contributed by atoms with Gasteiger partial charge < -0.3 is 4.57 Å². The molecule has 0 saturated carbocycles. The van der Waals surface area contributed by atoms with Gasteiger partial charge in [0.05, 0.1) is 23.4 Å². The zero-order valence-electron chi connectivity index (χ0n) is 20.8. The quantitative estimate of drug-likeness (QED) is 0.280. The molecule has 0 aliphatic carbocycles. The van der Waals surface area contributed by atoms with Gasteiger partial charge in [0.25, 0.3) is 0 Å². The van der Waals surface area contributed by atoms with E-state index in [1.807, 2.05) is 51.1 Å². The molecule has 0 amide bonds. The van der Waals surface area contributed by atoms with Crippen molar-refractivity contribution in [3.63, 3.8) is 0 Å². The molecule has 0 atom stereocenters. The number of alkyl halides is 3. The van der Waals surface area contributed by atoms with E-state index < -0.39 is 15.5 Å². The topological polar surface area (TPSA) is 89.8 Å². The van der Waals surface area contributed by atoms with Gasteiger partial charge in [0.15, 0.2) is 5.65 Å². The van der Waals surface area contributed by atoms with Crippen LogP contribution in [0.3, 0.4) is 0 Å². The second kappa shape index (κ2) is 9.39. The van der Waals surface area contributed by atoms with Crippen molar-refractivity contribution < 1.29 is 21.6 Å². The lowest BCUT2D eigenvalue weighted by Gasteiger charge is -2.15. The zero-order valence-corrected chi connectivity index (χ0v) is 21.7. The summed E-state index contributed by atoms with van der Waals surface area (Å²) in [6.45, 7) is 6.40. The SMILES string of the molecule is CCc1nc2c(C)cc(C)nc2n1Cc1cccc2ccc(-c3ccccc3NS(=O)(=O)C(F)(F)F)nc12. The van der Waals surface area contributed by atoms with Crippen LogP contribution in [0.5, 0.6) is 0 Å². The third-order valence-electron chi connectivity index (χ3n) is 6.30. The number of pyridine rings is 2. The Morgan fingerprint density at radius 2 is 1.68 bits per heavy atom. The lowest BCUT2D eigenvalue weighted by molar-refractivity contribution is -0.0429. The van der Waals surface area contributed by atoms with Crippen molar-refractivity contribution in [1.82, 2.24) is 19.5 Å². The molecule has 11 heteroatoms. The van der Waals surface area contributed by atoms with Gasteiger partial charge in [-0.05, 0) is 43.2 Å². The fourth-order valence-electron chi connectivity index (χ4n) is 4.54. The van der Waals surface area contributed by atoms with Crippen molar-refractivity contribution in [2.24, 2.45) is 0 Å². The number of nitrogens with zero attached hydrogens (tertiary/aromatic N) is 4. The third kappa shape index (κ3) is 4.58. The number of fused-ring (bicyclic) bond motifs is 2. The number of hydrogen-bond acceptors (Lipinski definition) is 5. The molecule has 5 rings (SSSR count). The molecule has 7 nitrogen and oxygen atoms in total. The van der Waals surface area contributed by atoms with Crippen molar-refractivity contribution in [3.8, 4) is 11.3 Å². The smallest absolute Gasteiger partial charge is 0.308 e. The van der Waals surface area contributed by atoms with Crippen LogP contribution in [0.2, 0.25) is 0 Å². The first kappa shape index (κ1) is 25.7. The lowest BCUT2D eigenvalue weighted by atomic mass is 10.1. The van der Waals surface area contributed by atoms with Crippen LogP contribution in [0.15, 0.2) is 60.7 Å². The number of sulfonamides is 1. The average molecular weight is 540 g/mol. The van der Waals surface area contributed by atoms with Gasteiger partial charge in [-0.1, -0.05) is 49.4 Å². The summed E-state index contributed by atoms with van der Waals surface area (Å²) in [5.41, 5.74) is -0.0375. The predicted octanol–water partition coefficient (Wildman–Crippen LogP) is 6.14. The minimum atomic E-state index is -5.60. The third-order valence-corrected chi connectivity index (χ3v) is 7.40. The highest BCUT2D eigenvalue weighted by Gasteiger charge is 2.46. The van der Waals surface area contributed by atoms with Crippen molar-refractivity contribution in [2.75, 3.05) is 4.72 Å². The van der Waals surface area contributed by atoms with E-state index in [4.69, 9.17) is 15.0 Å². The highest BCUT2D eigenvalue weighted by atomic mass is 32.2. The van der Waals surface area contributed by atoms with E-state index in [-0.39, 0.29) is 11.3 Å². The molecule has 3 aromatic heterocycles. The Kier molecular flexibility index (Phi) is 6.34. The largest absolute Gasteiger partial charge is 0.516 e. The van der Waals surface area contributed by atoms with Crippen LogP contribution in [0.1, 0.15) is 29.6 Å². The summed E-state index contributed by atoms with van der Waals surface area (Å²) in [5.74, 6) is 0.876. The number of hydrogen-bond donors (Lipinski definition) is 1. The Labute approximate surface area is 217 Å². The van der Waals surface area contributed by atoms with Crippen LogP contribution in [0.4, 0.5) is 18.9 Å². The number of aromatic nitrogens is 4. The van der Waals surface area contributed by atoms with Crippen LogP contribution < -0.4 is 4.72 Å². The molecule has 0 aliphatic rings. The number of para-hydroxylation sites is 2. The molecule has 0 saturated heterocycles. The molecule has 0 spiro atoms. The predicted molar refractivity (Wildman–Crippen MR) is 141 cm³/mol. The van der Waals surface area contributed by atoms with E-state index in [1.165, 1.54) is 18.2 Å². The fourth-order valence-corrected chi connectivity index (χ4v) is 5.12. The summed E-state index contributed by atoms with van der Waals surface area (Å²) in [7, 11) is -5.60. The molecule has 3 heterocycles. The molecular weight excluding hydrogens is 515 g/mol. The van der Waals surface area contributed by atoms with E-state index in [0.717, 1.165) is 39.2 Å². The highest BCUT2D eigenvalue weighted by molar-refractivity contribution is 7.93. The van der Waals surface area contributed by atoms with Crippen LogP contribution in [0.25, 0.3) is 33.3 Å². The number of aryl methyl sites for hydroxylation is 3. The molecule has 38 heavy (non-hydrogen) atoms. The second-order valence-electron chi connectivity index (χ2n) is 9.00. The van der Waals surface area contributed by atoms with Crippen molar-refractivity contribution in [3.05, 3.63) is 83.3 Å². The van der Waals surface area contributed by atoms with Gasteiger partial charge in [0.1, 0.15) is 11.3 Å². The summed E-state index contributed by atoms with van der Waals surface area (Å²) in [5, 5.41) is 0.836. The van der Waals surface area contributed by atoms with Crippen LogP contribution in [-0.4, -0.2) is 33.4 Å². The Morgan fingerprint density at radius 1 is 0.921 bits per heavy atom. The Bertz CT molecular complexity index is 1800. The van der Waals surface area contributed by atoms with Gasteiger partial charge in [-0.3, -0.25) is 4.72 Å². The first-order chi connectivity index (χ1) is 18.0. The summed E-state index contributed by atoms with van der Waals surface area (Å²) >= 11 is 0. The molecule has 2 aromatic carbocycles. The monoisotopic (exact) mass is 539 g/mol. The molecule has 0 unspecified atom stereocenters. The van der Waals surface area contributed by atoms with Crippen molar-refractivity contribution >= 4 is 37.8 Å². The van der Waals surface area contributed by atoms with E-state index in [9.17, 15) is 21.6 Å². The molecule has 196 valence electrons. The molecule has 5 aromatic rings. The van der Waals surface area contributed by atoms with Gasteiger partial charge in [0, 0.05) is 23.1 Å². The zero-order chi connectivity index (χ0) is 27.2. The molecular formula is C27H24F3N5O2S. The van der Waals surface area contributed by atoms with Crippen molar-refractivity contribution in [1.29, 1.82) is 0 Å². The van der Waals surface area contributed by atoms with E-state index >= 15 is 0 Å². The minimum absolute atomic E-state index is 0.210. The molecule has 0 radical (unpaired) electrons. The maximum atomic E-state index is 13.0. The number of anilines is 1. The summed E-state index contributed by atoms with van der Waals surface area (Å²) in [6, 6.07) is 17.1. The average Bonchev–Trinajstić information content (AvgIpc) is 3.21. The number of rotatable bonds is 6. The molecule has 0 bridgehead atoms. The number of halogens is 3. The van der Waals surface area contributed by atoms with Crippen LogP contribution in [-0.2, 0) is 23.0 Å². The summed E-state index contributed by atoms with van der Waals surface area (Å²) < 4.78 is 66.4. The van der Waals surface area contributed by atoms with Crippen LogP contribution in [0, 0.1) is 13.8 Å². The van der Waals surface area contributed by atoms with Gasteiger partial charge >= 0.3 is 15.5 Å². The highest BCUT2D eigenvalue weighted by Crippen LogP contribution is 2.33. The Balaban J connectivity index is 1.63. The van der Waals surface area contributed by atoms with Gasteiger partial charge in [-0.2, -0.15) is 21.6 Å². The maximum absolute atomic E-state index is 13.0. The summed E-state index contributed by atoms with van der Waals surface area (Å²) in [4.78, 5) is 14.3. The Morgan fingerprint density at radius 3 is 2.42 bits per heavy atom. The maximum Gasteiger partial charge on any atom is 0.516 e. The van der Waals surface area contributed by atoms with Gasteiger partial charge in [0.2, 0.25) is 0 Å². The van der Waals surface area contributed by atoms with Gasteiger partial charge in [-0.15, -0.1) is 0 Å². The lowest BCUT2D eigenvalue weighted by Crippen LogP contribution is -2.30.